The molecule has 0 fully saturated rings. The molecule has 1 amide bonds. The van der Waals surface area contributed by atoms with Gasteiger partial charge in [0.1, 0.15) is 23.7 Å². The summed E-state index contributed by atoms with van der Waals surface area (Å²) >= 11 is 6.18. The number of nitrogens with zero attached hydrogens (tertiary/aromatic N) is 3. The molecule has 0 radical (unpaired) electrons. The largest absolute Gasteiger partial charge is 0.457 e. The summed E-state index contributed by atoms with van der Waals surface area (Å²) in [6.07, 6.45) is 0.0661. The van der Waals surface area contributed by atoms with Crippen LogP contribution in [0, 0.1) is 0 Å². The number of amides is 1. The zero-order valence-corrected chi connectivity index (χ0v) is 20.8. The Morgan fingerprint density at radius 2 is 1.83 bits per heavy atom. The number of hydrazone groups is 1. The Morgan fingerprint density at radius 3 is 2.56 bits per heavy atom. The summed E-state index contributed by atoms with van der Waals surface area (Å²) < 4.78 is 6.14. The van der Waals surface area contributed by atoms with Crippen molar-refractivity contribution in [2.45, 2.75) is 32.5 Å². The zero-order valence-electron chi connectivity index (χ0n) is 20.0. The molecule has 0 saturated carbocycles. The number of nitrogens with one attached hydrogen (secondary N) is 2. The molecule has 0 aliphatic carbocycles. The van der Waals surface area contributed by atoms with Gasteiger partial charge in [-0.05, 0) is 68.4 Å². The molecule has 4 N–H and O–H groups in total. The number of hydrogen-bond donors (Lipinski definition) is 3. The molecule has 1 unspecified atom stereocenters. The van der Waals surface area contributed by atoms with Crippen LogP contribution in [-0.4, -0.2) is 36.2 Å². The van der Waals surface area contributed by atoms with E-state index in [1.54, 1.807) is 12.1 Å². The minimum absolute atomic E-state index is 0.0813. The van der Waals surface area contributed by atoms with Crippen LogP contribution >= 0.6 is 11.6 Å². The molecule has 2 heterocycles. The number of fused-ring (bicyclic) bond motifs is 3. The number of carbonyl (C=O) groups excluding carboxylic acids is 1. The molecule has 2 aliphatic rings. The molecule has 3 aromatic carbocycles. The Kier molecular flexibility index (Phi) is 6.52. The number of halogens is 1. The average Bonchev–Trinajstić information content (AvgIpc) is 3.19. The molecule has 0 aromatic heterocycles. The van der Waals surface area contributed by atoms with Gasteiger partial charge < -0.3 is 20.7 Å². The standard InChI is InChI=1S/C27H27ClN6O2/c1-3-30-25(35)15-23-27-33-32-16(2)34(27)24-13-12-21(36-20-10-8-19(29)9-11-20)14-22(24)26(31-23)17-4-6-18(28)7-5-17/h4-14,16,23,32H,3,15,29H2,1-2H3,(H,30,35)/t16?,23-/m0/s1. The summed E-state index contributed by atoms with van der Waals surface area (Å²) in [5, 5.41) is 8.09. The van der Waals surface area contributed by atoms with E-state index in [-0.39, 0.29) is 18.5 Å². The van der Waals surface area contributed by atoms with E-state index in [2.05, 4.69) is 20.7 Å². The number of aliphatic imine (C=N–C) groups is 1. The number of anilines is 2. The van der Waals surface area contributed by atoms with Crippen LogP contribution in [0.1, 0.15) is 31.4 Å². The van der Waals surface area contributed by atoms with Gasteiger partial charge in [-0.2, -0.15) is 5.10 Å². The van der Waals surface area contributed by atoms with E-state index >= 15 is 0 Å². The van der Waals surface area contributed by atoms with Gasteiger partial charge in [-0.1, -0.05) is 23.7 Å². The Labute approximate surface area is 214 Å². The first-order valence-corrected chi connectivity index (χ1v) is 12.2. The van der Waals surface area contributed by atoms with Gasteiger partial charge in [-0.15, -0.1) is 0 Å². The number of amidine groups is 1. The highest BCUT2D eigenvalue weighted by molar-refractivity contribution is 6.31. The van der Waals surface area contributed by atoms with Gasteiger partial charge in [0.2, 0.25) is 5.91 Å². The molecule has 2 atom stereocenters. The van der Waals surface area contributed by atoms with Gasteiger partial charge in [-0.25, -0.2) is 0 Å². The molecule has 3 aromatic rings. The van der Waals surface area contributed by atoms with E-state index in [4.69, 9.17) is 27.1 Å². The second-order valence-electron chi connectivity index (χ2n) is 8.65. The van der Waals surface area contributed by atoms with E-state index in [0.717, 1.165) is 22.5 Å². The smallest absolute Gasteiger partial charge is 0.222 e. The predicted octanol–water partition coefficient (Wildman–Crippen LogP) is 4.53. The van der Waals surface area contributed by atoms with E-state index in [0.29, 0.717) is 34.6 Å². The van der Waals surface area contributed by atoms with Gasteiger partial charge in [-0.3, -0.25) is 15.2 Å². The lowest BCUT2D eigenvalue weighted by Crippen LogP contribution is -2.43. The molecule has 184 valence electrons. The second-order valence-corrected chi connectivity index (χ2v) is 9.09. The van der Waals surface area contributed by atoms with Crippen molar-refractivity contribution in [2.24, 2.45) is 10.1 Å². The average molecular weight is 503 g/mol. The maximum absolute atomic E-state index is 12.6. The summed E-state index contributed by atoms with van der Waals surface area (Å²) in [6, 6.07) is 20.2. The summed E-state index contributed by atoms with van der Waals surface area (Å²) in [4.78, 5) is 19.8. The SMILES string of the molecule is CCNC(=O)C[C@@H]1N=C(c2ccc(Cl)cc2)c2cc(Oc3ccc(N)cc3)ccc2N2C1=NNC2C. The van der Waals surface area contributed by atoms with Gasteiger partial charge >= 0.3 is 0 Å². The molecular weight excluding hydrogens is 476 g/mol. The van der Waals surface area contributed by atoms with Crippen molar-refractivity contribution in [2.75, 3.05) is 17.2 Å². The predicted molar refractivity (Wildman–Crippen MR) is 144 cm³/mol. The third-order valence-corrected chi connectivity index (χ3v) is 6.30. The summed E-state index contributed by atoms with van der Waals surface area (Å²) in [5.41, 5.74) is 13.0. The molecule has 0 bridgehead atoms. The minimum Gasteiger partial charge on any atom is -0.457 e. The molecule has 5 rings (SSSR count). The van der Waals surface area contributed by atoms with Gasteiger partial charge in [0.05, 0.1) is 17.8 Å². The number of ether oxygens (including phenoxy) is 1. The van der Waals surface area contributed by atoms with Crippen LogP contribution < -0.4 is 26.1 Å². The van der Waals surface area contributed by atoms with Crippen molar-refractivity contribution in [3.05, 3.63) is 82.9 Å². The molecule has 36 heavy (non-hydrogen) atoms. The first-order chi connectivity index (χ1) is 17.4. The van der Waals surface area contributed by atoms with Gasteiger partial charge in [0.15, 0.2) is 5.84 Å². The van der Waals surface area contributed by atoms with Crippen LogP contribution in [-0.2, 0) is 4.79 Å². The monoisotopic (exact) mass is 502 g/mol. The lowest BCUT2D eigenvalue weighted by Gasteiger charge is -2.27. The third kappa shape index (κ3) is 4.72. The molecule has 9 heteroatoms. The number of hydrogen-bond acceptors (Lipinski definition) is 7. The number of nitrogen functional groups attached to an aromatic ring is 1. The summed E-state index contributed by atoms with van der Waals surface area (Å²) in [7, 11) is 0. The van der Waals surface area contributed by atoms with E-state index in [1.165, 1.54) is 0 Å². The Hall–Kier alpha value is -4.04. The van der Waals surface area contributed by atoms with E-state index in [9.17, 15) is 4.79 Å². The quantitative estimate of drug-likeness (QED) is 0.429. The Bertz CT molecular complexity index is 1340. The first-order valence-electron chi connectivity index (χ1n) is 11.8. The fourth-order valence-electron chi connectivity index (χ4n) is 4.39. The summed E-state index contributed by atoms with van der Waals surface area (Å²) in [5.74, 6) is 1.95. The van der Waals surface area contributed by atoms with Gasteiger partial charge in [0, 0.05) is 28.4 Å². The van der Waals surface area contributed by atoms with Gasteiger partial charge in [0.25, 0.3) is 0 Å². The first kappa shape index (κ1) is 23.7. The highest BCUT2D eigenvalue weighted by Gasteiger charge is 2.37. The van der Waals surface area contributed by atoms with Crippen molar-refractivity contribution in [1.29, 1.82) is 0 Å². The molecule has 2 aliphatic heterocycles. The molecular formula is C27H27ClN6O2. The Balaban J connectivity index is 1.64. The van der Waals surface area contributed by atoms with Crippen LogP contribution in [0.2, 0.25) is 5.02 Å². The third-order valence-electron chi connectivity index (χ3n) is 6.05. The number of carbonyl (C=O) groups is 1. The summed E-state index contributed by atoms with van der Waals surface area (Å²) in [6.45, 7) is 4.47. The maximum Gasteiger partial charge on any atom is 0.222 e. The van der Waals surface area contributed by atoms with E-state index in [1.807, 2.05) is 68.4 Å². The van der Waals surface area contributed by atoms with Crippen LogP contribution in [0.15, 0.2) is 76.8 Å². The number of rotatable bonds is 6. The van der Waals surface area contributed by atoms with Crippen molar-refractivity contribution >= 4 is 40.4 Å². The van der Waals surface area contributed by atoms with Crippen LogP contribution in [0.3, 0.4) is 0 Å². The van der Waals surface area contributed by atoms with Crippen LogP contribution in [0.5, 0.6) is 11.5 Å². The van der Waals surface area contributed by atoms with Crippen LogP contribution in [0.25, 0.3) is 0 Å². The Morgan fingerprint density at radius 1 is 1.11 bits per heavy atom. The van der Waals surface area contributed by atoms with Crippen molar-refractivity contribution in [3.63, 3.8) is 0 Å². The van der Waals surface area contributed by atoms with Crippen molar-refractivity contribution in [3.8, 4) is 11.5 Å². The fourth-order valence-corrected chi connectivity index (χ4v) is 4.52. The molecule has 8 nitrogen and oxygen atoms in total. The van der Waals surface area contributed by atoms with Crippen molar-refractivity contribution in [1.82, 2.24) is 10.7 Å². The topological polar surface area (TPSA) is 104 Å². The number of benzene rings is 3. The zero-order chi connectivity index (χ0) is 25.2. The van der Waals surface area contributed by atoms with Crippen LogP contribution in [0.4, 0.5) is 11.4 Å². The highest BCUT2D eigenvalue weighted by atomic mass is 35.5. The number of nitrogens with two attached hydrogens (primary N) is 1. The highest BCUT2D eigenvalue weighted by Crippen LogP contribution is 2.36. The second kappa shape index (κ2) is 9.91. The van der Waals surface area contributed by atoms with Crippen molar-refractivity contribution < 1.29 is 9.53 Å². The molecule has 0 spiro atoms. The molecule has 0 saturated heterocycles. The fraction of sp³-hybridized carbons (Fsp3) is 0.222. The van der Waals surface area contributed by atoms with E-state index < -0.39 is 6.04 Å². The lowest BCUT2D eigenvalue weighted by atomic mass is 9.99. The lowest BCUT2D eigenvalue weighted by molar-refractivity contribution is -0.121. The normalized spacial score (nSPS) is 18.2. The maximum atomic E-state index is 12.6. The minimum atomic E-state index is -0.478.